The van der Waals surface area contributed by atoms with Crippen LogP contribution in [0.4, 0.5) is 0 Å². The van der Waals surface area contributed by atoms with Crippen molar-refractivity contribution >= 4 is 0 Å². The van der Waals surface area contributed by atoms with Crippen molar-refractivity contribution in [1.29, 1.82) is 0 Å². The lowest BCUT2D eigenvalue weighted by Crippen LogP contribution is -2.67. The fraction of sp³-hybridized carbons (Fsp3) is 1.00. The van der Waals surface area contributed by atoms with Crippen LogP contribution in [0, 0.1) is 11.3 Å². The number of nitrogens with zero attached hydrogens (tertiary/aromatic N) is 2. The first-order valence-electron chi connectivity index (χ1n) is 9.75. The fourth-order valence-electron chi connectivity index (χ4n) is 5.74. The number of piperidine rings is 1. The summed E-state index contributed by atoms with van der Waals surface area (Å²) in [5.74, 6) is 0.817. The van der Waals surface area contributed by atoms with Crippen LogP contribution in [0.5, 0.6) is 0 Å². The average Bonchev–Trinajstić information content (AvgIpc) is 3.16. The van der Waals surface area contributed by atoms with Crippen molar-refractivity contribution in [2.24, 2.45) is 11.3 Å². The predicted molar refractivity (Wildman–Crippen MR) is 95.7 cm³/mol. The van der Waals surface area contributed by atoms with Gasteiger partial charge in [0.1, 0.15) is 0 Å². The summed E-state index contributed by atoms with van der Waals surface area (Å²) in [7, 11) is 2.34. The number of piperazine rings is 1. The monoisotopic (exact) mass is 320 g/mol. The SMILES string of the molecule is CN1CC(C2CNC3(CC3)CN2C(C)(C)C)C2(CCNCC2)C1. The van der Waals surface area contributed by atoms with Gasteiger partial charge < -0.3 is 15.5 Å². The molecule has 0 aromatic carbocycles. The Kier molecular flexibility index (Phi) is 3.84. The van der Waals surface area contributed by atoms with Gasteiger partial charge in [0.2, 0.25) is 0 Å². The highest BCUT2D eigenvalue weighted by molar-refractivity contribution is 5.13. The molecule has 132 valence electrons. The molecule has 3 aliphatic heterocycles. The van der Waals surface area contributed by atoms with Crippen LogP contribution in [0.25, 0.3) is 0 Å². The first-order chi connectivity index (χ1) is 10.8. The summed E-state index contributed by atoms with van der Waals surface area (Å²) in [6.07, 6.45) is 5.49. The van der Waals surface area contributed by atoms with Crippen LogP contribution in [0.15, 0.2) is 0 Å². The standard InChI is InChI=1S/C19H36N4/c1-17(2,3)23-14-19(5-6-19)21-11-16(23)15-12-22(4)13-18(15)7-9-20-10-8-18/h15-16,20-21H,5-14H2,1-4H3. The van der Waals surface area contributed by atoms with Crippen LogP contribution in [0.3, 0.4) is 0 Å². The molecule has 2 atom stereocenters. The highest BCUT2D eigenvalue weighted by Gasteiger charge is 2.56. The van der Waals surface area contributed by atoms with E-state index in [0.29, 0.717) is 17.0 Å². The zero-order valence-corrected chi connectivity index (χ0v) is 15.6. The lowest BCUT2D eigenvalue weighted by Gasteiger charge is -2.53. The molecule has 1 aliphatic carbocycles. The van der Waals surface area contributed by atoms with E-state index in [9.17, 15) is 0 Å². The van der Waals surface area contributed by atoms with E-state index in [-0.39, 0.29) is 5.54 Å². The van der Waals surface area contributed by atoms with E-state index in [1.54, 1.807) is 0 Å². The van der Waals surface area contributed by atoms with Gasteiger partial charge in [-0.05, 0) is 77.9 Å². The molecule has 23 heavy (non-hydrogen) atoms. The smallest absolute Gasteiger partial charge is 0.0311 e. The molecular formula is C19H36N4. The van der Waals surface area contributed by atoms with Gasteiger partial charge in [-0.1, -0.05) is 0 Å². The summed E-state index contributed by atoms with van der Waals surface area (Å²) < 4.78 is 0. The fourth-order valence-corrected chi connectivity index (χ4v) is 5.74. The maximum atomic E-state index is 3.96. The van der Waals surface area contributed by atoms with Gasteiger partial charge in [-0.2, -0.15) is 0 Å². The minimum Gasteiger partial charge on any atom is -0.317 e. The van der Waals surface area contributed by atoms with E-state index in [0.717, 1.165) is 5.92 Å². The Morgan fingerprint density at radius 2 is 1.70 bits per heavy atom. The Labute approximate surface area is 142 Å². The highest BCUT2D eigenvalue weighted by atomic mass is 15.3. The van der Waals surface area contributed by atoms with Gasteiger partial charge in [-0.25, -0.2) is 0 Å². The maximum Gasteiger partial charge on any atom is 0.0311 e. The molecule has 0 amide bonds. The summed E-state index contributed by atoms with van der Waals surface area (Å²) in [6, 6.07) is 0.698. The maximum absolute atomic E-state index is 3.96. The summed E-state index contributed by atoms with van der Waals surface area (Å²) in [5, 5.41) is 7.55. The van der Waals surface area contributed by atoms with Crippen LogP contribution in [0.2, 0.25) is 0 Å². The molecule has 0 radical (unpaired) electrons. The van der Waals surface area contributed by atoms with Crippen molar-refractivity contribution in [3.63, 3.8) is 0 Å². The van der Waals surface area contributed by atoms with Crippen LogP contribution < -0.4 is 10.6 Å². The topological polar surface area (TPSA) is 30.5 Å². The lowest BCUT2D eigenvalue weighted by atomic mass is 9.67. The molecule has 4 fully saturated rings. The van der Waals surface area contributed by atoms with Gasteiger partial charge in [0.15, 0.2) is 0 Å². The number of nitrogens with one attached hydrogen (secondary N) is 2. The Morgan fingerprint density at radius 1 is 1.00 bits per heavy atom. The van der Waals surface area contributed by atoms with Crippen molar-refractivity contribution in [2.45, 2.75) is 63.6 Å². The van der Waals surface area contributed by atoms with Gasteiger partial charge in [-0.3, -0.25) is 4.90 Å². The van der Waals surface area contributed by atoms with Crippen LogP contribution in [0.1, 0.15) is 46.5 Å². The normalized spacial score (nSPS) is 37.6. The van der Waals surface area contributed by atoms with E-state index in [4.69, 9.17) is 0 Å². The largest absolute Gasteiger partial charge is 0.317 e. The van der Waals surface area contributed by atoms with Gasteiger partial charge in [0.25, 0.3) is 0 Å². The molecule has 0 aromatic rings. The highest BCUT2D eigenvalue weighted by Crippen LogP contribution is 2.49. The van der Waals surface area contributed by atoms with Gasteiger partial charge in [0, 0.05) is 43.3 Å². The van der Waals surface area contributed by atoms with Gasteiger partial charge in [0.05, 0.1) is 0 Å². The number of rotatable bonds is 1. The second kappa shape index (κ2) is 5.42. The van der Waals surface area contributed by atoms with Crippen molar-refractivity contribution in [3.8, 4) is 0 Å². The van der Waals surface area contributed by atoms with Gasteiger partial charge in [-0.15, -0.1) is 0 Å². The van der Waals surface area contributed by atoms with E-state index < -0.39 is 0 Å². The second-order valence-electron chi connectivity index (χ2n) is 9.94. The van der Waals surface area contributed by atoms with Crippen molar-refractivity contribution in [1.82, 2.24) is 20.4 Å². The molecule has 3 saturated heterocycles. The van der Waals surface area contributed by atoms with E-state index in [1.165, 1.54) is 65.0 Å². The van der Waals surface area contributed by atoms with Crippen molar-refractivity contribution < 1.29 is 0 Å². The predicted octanol–water partition coefficient (Wildman–Crippen LogP) is 1.52. The Hall–Kier alpha value is -0.160. The Bertz CT molecular complexity index is 445. The van der Waals surface area contributed by atoms with E-state index in [2.05, 4.69) is 48.3 Å². The zero-order valence-electron chi connectivity index (χ0n) is 15.6. The minimum absolute atomic E-state index is 0.275. The molecule has 4 heteroatoms. The Morgan fingerprint density at radius 3 is 2.30 bits per heavy atom. The van der Waals surface area contributed by atoms with Gasteiger partial charge >= 0.3 is 0 Å². The first kappa shape index (κ1) is 16.3. The summed E-state index contributed by atoms with van der Waals surface area (Å²) >= 11 is 0. The average molecular weight is 321 g/mol. The molecule has 4 rings (SSSR count). The minimum atomic E-state index is 0.275. The molecule has 0 bridgehead atoms. The Balaban J connectivity index is 1.61. The van der Waals surface area contributed by atoms with Crippen LogP contribution >= 0.6 is 0 Å². The molecule has 0 aromatic heterocycles. The zero-order chi connectivity index (χ0) is 16.3. The summed E-state index contributed by atoms with van der Waals surface area (Å²) in [4.78, 5) is 5.49. The number of likely N-dealkylation sites (tertiary alicyclic amines) is 1. The van der Waals surface area contributed by atoms with E-state index in [1.807, 2.05) is 0 Å². The third-order valence-electron chi connectivity index (χ3n) is 7.22. The summed E-state index contributed by atoms with van der Waals surface area (Å²) in [6.45, 7) is 14.7. The van der Waals surface area contributed by atoms with Crippen LogP contribution in [-0.2, 0) is 0 Å². The second-order valence-corrected chi connectivity index (χ2v) is 9.94. The third kappa shape index (κ3) is 2.86. The van der Waals surface area contributed by atoms with Crippen molar-refractivity contribution in [3.05, 3.63) is 0 Å². The van der Waals surface area contributed by atoms with Crippen molar-refractivity contribution in [2.75, 3.05) is 46.3 Å². The molecule has 4 nitrogen and oxygen atoms in total. The third-order valence-corrected chi connectivity index (χ3v) is 7.22. The molecule has 1 saturated carbocycles. The number of hydrogen-bond donors (Lipinski definition) is 2. The molecule has 2 N–H and O–H groups in total. The molecule has 2 spiro atoms. The summed E-state index contributed by atoms with van der Waals surface area (Å²) in [5.41, 5.74) is 1.29. The first-order valence-corrected chi connectivity index (χ1v) is 9.75. The molecule has 2 unspecified atom stereocenters. The molecule has 3 heterocycles. The number of hydrogen-bond acceptors (Lipinski definition) is 4. The molecular weight excluding hydrogens is 284 g/mol. The lowest BCUT2D eigenvalue weighted by molar-refractivity contribution is -0.0238. The van der Waals surface area contributed by atoms with E-state index >= 15 is 0 Å². The quantitative estimate of drug-likeness (QED) is 0.767. The molecule has 4 aliphatic rings. The van der Waals surface area contributed by atoms with Crippen LogP contribution in [-0.4, -0.2) is 73.2 Å².